The van der Waals surface area contributed by atoms with E-state index >= 15 is 0 Å². The van der Waals surface area contributed by atoms with Crippen molar-refractivity contribution in [1.29, 1.82) is 0 Å². The van der Waals surface area contributed by atoms with E-state index in [2.05, 4.69) is 4.72 Å². The van der Waals surface area contributed by atoms with Gasteiger partial charge in [0.1, 0.15) is 11.6 Å². The lowest BCUT2D eigenvalue weighted by molar-refractivity contribution is -0.140. The van der Waals surface area contributed by atoms with Crippen molar-refractivity contribution in [2.75, 3.05) is 39.3 Å². The molecule has 0 spiro atoms. The molecule has 2 aromatic carbocycles. The first kappa shape index (κ1) is 24.0. The largest absolute Gasteiger partial charge is 0.484 e. The van der Waals surface area contributed by atoms with E-state index in [9.17, 15) is 22.4 Å². The number of ether oxygens (including phenoxy) is 1. The van der Waals surface area contributed by atoms with Gasteiger partial charge in [-0.3, -0.25) is 9.59 Å². The third-order valence-electron chi connectivity index (χ3n) is 4.92. The fourth-order valence-electron chi connectivity index (χ4n) is 3.12. The number of carbonyl (C=O) groups excluding carboxylic acids is 2. The second-order valence-electron chi connectivity index (χ2n) is 7.11. The maximum atomic E-state index is 12.9. The van der Waals surface area contributed by atoms with E-state index in [0.717, 1.165) is 24.3 Å². The van der Waals surface area contributed by atoms with Gasteiger partial charge < -0.3 is 14.5 Å². The molecule has 32 heavy (non-hydrogen) atoms. The van der Waals surface area contributed by atoms with Crippen molar-refractivity contribution in [2.24, 2.45) is 0 Å². The van der Waals surface area contributed by atoms with Crippen LogP contribution in [-0.4, -0.2) is 69.4 Å². The summed E-state index contributed by atoms with van der Waals surface area (Å²) in [5, 5.41) is 0.577. The molecule has 1 fully saturated rings. The third kappa shape index (κ3) is 6.65. The first-order chi connectivity index (χ1) is 15.2. The van der Waals surface area contributed by atoms with Crippen LogP contribution in [0.15, 0.2) is 53.4 Å². The number of halogens is 2. The molecule has 0 saturated carbocycles. The number of carbonyl (C=O) groups is 2. The Morgan fingerprint density at radius 1 is 0.938 bits per heavy atom. The lowest BCUT2D eigenvalue weighted by Gasteiger charge is -2.34. The van der Waals surface area contributed by atoms with Gasteiger partial charge in [-0.15, -0.1) is 0 Å². The predicted molar refractivity (Wildman–Crippen MR) is 116 cm³/mol. The van der Waals surface area contributed by atoms with E-state index in [0.29, 0.717) is 37.0 Å². The summed E-state index contributed by atoms with van der Waals surface area (Å²) in [5.41, 5.74) is 0. The number of sulfonamides is 1. The summed E-state index contributed by atoms with van der Waals surface area (Å²) in [7, 11) is -3.82. The fraction of sp³-hybridized carbons (Fsp3) is 0.333. The maximum absolute atomic E-state index is 12.9. The van der Waals surface area contributed by atoms with Crippen molar-refractivity contribution < 1.29 is 27.1 Å². The summed E-state index contributed by atoms with van der Waals surface area (Å²) in [6.07, 6.45) is -0.0198. The summed E-state index contributed by atoms with van der Waals surface area (Å²) in [6, 6.07) is 11.1. The van der Waals surface area contributed by atoms with E-state index in [4.69, 9.17) is 16.3 Å². The Labute approximate surface area is 191 Å². The first-order valence-corrected chi connectivity index (χ1v) is 11.8. The summed E-state index contributed by atoms with van der Waals surface area (Å²) in [4.78, 5) is 27.9. The van der Waals surface area contributed by atoms with Crippen molar-refractivity contribution in [2.45, 2.75) is 11.3 Å². The fourth-order valence-corrected chi connectivity index (χ4v) is 4.28. The number of nitrogens with one attached hydrogen (secondary N) is 1. The van der Waals surface area contributed by atoms with E-state index < -0.39 is 15.8 Å². The topological polar surface area (TPSA) is 96.0 Å². The van der Waals surface area contributed by atoms with Crippen LogP contribution in [0, 0.1) is 5.82 Å². The van der Waals surface area contributed by atoms with Gasteiger partial charge in [-0.1, -0.05) is 11.6 Å². The van der Waals surface area contributed by atoms with Gasteiger partial charge in [0.25, 0.3) is 5.91 Å². The number of hydrogen-bond acceptors (Lipinski definition) is 5. The first-order valence-electron chi connectivity index (χ1n) is 9.94. The molecule has 0 aromatic heterocycles. The number of piperazine rings is 1. The Balaban J connectivity index is 1.38. The van der Waals surface area contributed by atoms with Crippen LogP contribution in [0.1, 0.15) is 6.42 Å². The minimum atomic E-state index is -3.82. The van der Waals surface area contributed by atoms with E-state index in [1.165, 1.54) is 0 Å². The van der Waals surface area contributed by atoms with Crippen LogP contribution in [0.25, 0.3) is 0 Å². The number of rotatable bonds is 8. The second kappa shape index (κ2) is 10.8. The summed E-state index contributed by atoms with van der Waals surface area (Å²) in [6.45, 7) is 1.27. The van der Waals surface area contributed by atoms with Gasteiger partial charge in [-0.05, 0) is 48.5 Å². The zero-order valence-corrected chi connectivity index (χ0v) is 18.7. The summed E-state index contributed by atoms with van der Waals surface area (Å²) >= 11 is 5.81. The van der Waals surface area contributed by atoms with Crippen LogP contribution in [-0.2, 0) is 19.6 Å². The molecule has 1 aliphatic rings. The average Bonchev–Trinajstić information content (AvgIpc) is 2.78. The van der Waals surface area contributed by atoms with Crippen LogP contribution < -0.4 is 9.46 Å². The highest BCUT2D eigenvalue weighted by molar-refractivity contribution is 7.89. The average molecular weight is 484 g/mol. The van der Waals surface area contributed by atoms with Gasteiger partial charge in [0.05, 0.1) is 4.90 Å². The van der Waals surface area contributed by atoms with Gasteiger partial charge in [0, 0.05) is 44.2 Å². The Morgan fingerprint density at radius 2 is 1.50 bits per heavy atom. The molecule has 1 heterocycles. The van der Waals surface area contributed by atoms with Crippen LogP contribution in [0.3, 0.4) is 0 Å². The Hall–Kier alpha value is -2.69. The van der Waals surface area contributed by atoms with Crippen LogP contribution in [0.4, 0.5) is 4.39 Å². The quantitative estimate of drug-likeness (QED) is 0.618. The molecule has 0 atom stereocenters. The minimum absolute atomic E-state index is 0.0198. The van der Waals surface area contributed by atoms with Crippen LogP contribution >= 0.6 is 11.6 Å². The SMILES string of the molecule is O=C(CCNS(=O)(=O)c1ccc(F)cc1)N1CCN(C(=O)COc2ccc(Cl)cc2)CC1. The normalized spacial score (nSPS) is 14.3. The van der Waals surface area contributed by atoms with E-state index in [-0.39, 0.29) is 36.3 Å². The van der Waals surface area contributed by atoms with Crippen molar-refractivity contribution in [3.63, 3.8) is 0 Å². The molecule has 1 saturated heterocycles. The highest BCUT2D eigenvalue weighted by atomic mass is 35.5. The van der Waals surface area contributed by atoms with Crippen molar-refractivity contribution >= 4 is 33.4 Å². The molecule has 2 amide bonds. The molecule has 0 aliphatic carbocycles. The van der Waals surface area contributed by atoms with Crippen molar-refractivity contribution in [3.8, 4) is 5.75 Å². The van der Waals surface area contributed by atoms with Gasteiger partial charge >= 0.3 is 0 Å². The molecule has 3 rings (SSSR count). The molecule has 11 heteroatoms. The lowest BCUT2D eigenvalue weighted by atomic mass is 10.2. The molecule has 2 aromatic rings. The minimum Gasteiger partial charge on any atom is -0.484 e. The number of nitrogens with zero attached hydrogens (tertiary/aromatic N) is 2. The van der Waals surface area contributed by atoms with Gasteiger partial charge in [-0.2, -0.15) is 0 Å². The molecule has 0 unspecified atom stereocenters. The van der Waals surface area contributed by atoms with Gasteiger partial charge in [0.2, 0.25) is 15.9 Å². The summed E-state index contributed by atoms with van der Waals surface area (Å²) in [5.74, 6) is -0.386. The van der Waals surface area contributed by atoms with Gasteiger partial charge in [0.15, 0.2) is 6.61 Å². The van der Waals surface area contributed by atoms with E-state index in [1.54, 1.807) is 34.1 Å². The molecule has 1 aliphatic heterocycles. The molecule has 0 radical (unpaired) electrons. The van der Waals surface area contributed by atoms with E-state index in [1.807, 2.05) is 0 Å². The van der Waals surface area contributed by atoms with Crippen LogP contribution in [0.5, 0.6) is 5.75 Å². The Morgan fingerprint density at radius 3 is 2.09 bits per heavy atom. The third-order valence-corrected chi connectivity index (χ3v) is 6.64. The van der Waals surface area contributed by atoms with Crippen LogP contribution in [0.2, 0.25) is 5.02 Å². The molecule has 8 nitrogen and oxygen atoms in total. The number of benzene rings is 2. The van der Waals surface area contributed by atoms with Gasteiger partial charge in [-0.25, -0.2) is 17.5 Å². The van der Waals surface area contributed by atoms with Crippen molar-refractivity contribution in [3.05, 3.63) is 59.4 Å². The Kier molecular flexibility index (Phi) is 8.05. The maximum Gasteiger partial charge on any atom is 0.260 e. The lowest BCUT2D eigenvalue weighted by Crippen LogP contribution is -2.52. The summed E-state index contributed by atoms with van der Waals surface area (Å²) < 4.78 is 45.1. The molecular weight excluding hydrogens is 461 g/mol. The van der Waals surface area contributed by atoms with Crippen molar-refractivity contribution in [1.82, 2.24) is 14.5 Å². The Bertz CT molecular complexity index is 1040. The number of hydrogen-bond donors (Lipinski definition) is 1. The molecular formula is C21H23ClFN3O5S. The zero-order chi connectivity index (χ0) is 23.1. The zero-order valence-electron chi connectivity index (χ0n) is 17.2. The second-order valence-corrected chi connectivity index (χ2v) is 9.31. The number of amides is 2. The molecule has 0 bridgehead atoms. The predicted octanol–water partition coefficient (Wildman–Crippen LogP) is 1.90. The molecule has 172 valence electrons. The monoisotopic (exact) mass is 483 g/mol. The standard InChI is InChI=1S/C21H23ClFN3O5S/c22-16-1-5-18(6-2-16)31-15-21(28)26-13-11-25(12-14-26)20(27)9-10-24-32(29,30)19-7-3-17(23)4-8-19/h1-8,24H,9-15H2. The highest BCUT2D eigenvalue weighted by Gasteiger charge is 2.24. The molecule has 1 N–H and O–H groups in total. The smallest absolute Gasteiger partial charge is 0.260 e. The highest BCUT2D eigenvalue weighted by Crippen LogP contribution is 2.16.